The molecule has 25 heavy (non-hydrogen) atoms. The van der Waals surface area contributed by atoms with E-state index in [1.165, 1.54) is 12.3 Å². The fraction of sp³-hybridized carbons (Fsp3) is 0.294. The molecule has 2 amide bonds. The fourth-order valence-corrected chi connectivity index (χ4v) is 2.85. The Hall–Kier alpha value is -2.67. The lowest BCUT2D eigenvalue weighted by Crippen LogP contribution is -2.51. The van der Waals surface area contributed by atoms with Gasteiger partial charge in [0.1, 0.15) is 5.69 Å². The van der Waals surface area contributed by atoms with Crippen molar-refractivity contribution < 1.29 is 14.6 Å². The number of halogens is 1. The van der Waals surface area contributed by atoms with Crippen LogP contribution in [-0.4, -0.2) is 54.4 Å². The molecule has 1 aliphatic rings. The molecule has 0 bridgehead atoms. The largest absolute Gasteiger partial charge is 0.368 e. The van der Waals surface area contributed by atoms with E-state index in [0.717, 1.165) is 18.8 Å². The first kappa shape index (κ1) is 17.2. The van der Waals surface area contributed by atoms with Gasteiger partial charge in [-0.3, -0.25) is 14.6 Å². The molecular formula is C17H19ClN5O2+. The predicted octanol–water partition coefficient (Wildman–Crippen LogP) is 0.628. The number of aromatic amines is 1. The van der Waals surface area contributed by atoms with Gasteiger partial charge in [-0.25, -0.2) is 4.98 Å². The molecule has 1 fully saturated rings. The van der Waals surface area contributed by atoms with Gasteiger partial charge in [-0.1, -0.05) is 11.6 Å². The number of nitrogens with one attached hydrogen (secondary N) is 2. The second kappa shape index (κ2) is 7.94. The summed E-state index contributed by atoms with van der Waals surface area (Å²) in [7, 11) is 0. The average Bonchev–Trinajstić information content (AvgIpc) is 2.66. The molecule has 0 atom stereocenters. The van der Waals surface area contributed by atoms with E-state index in [-0.39, 0.29) is 18.1 Å². The Bertz CT molecular complexity index is 748. The van der Waals surface area contributed by atoms with Gasteiger partial charge in [-0.05, 0) is 12.1 Å². The van der Waals surface area contributed by atoms with Gasteiger partial charge < -0.3 is 15.1 Å². The molecule has 0 saturated carbocycles. The zero-order chi connectivity index (χ0) is 17.6. The number of hydrogen-bond acceptors (Lipinski definition) is 4. The molecule has 2 aromatic rings. The van der Waals surface area contributed by atoms with Crippen molar-refractivity contribution in [1.29, 1.82) is 0 Å². The Kier molecular flexibility index (Phi) is 5.45. The van der Waals surface area contributed by atoms with Gasteiger partial charge in [-0.2, -0.15) is 0 Å². The molecule has 2 N–H and O–H groups in total. The molecule has 0 spiro atoms. The van der Waals surface area contributed by atoms with Crippen LogP contribution in [0.5, 0.6) is 0 Å². The summed E-state index contributed by atoms with van der Waals surface area (Å²) in [5.74, 6) is -0.508. The van der Waals surface area contributed by atoms with Crippen molar-refractivity contribution in [3.05, 3.63) is 53.6 Å². The zero-order valence-corrected chi connectivity index (χ0v) is 14.4. The molecule has 8 heteroatoms. The molecule has 1 saturated heterocycles. The van der Waals surface area contributed by atoms with E-state index in [9.17, 15) is 9.59 Å². The Labute approximate surface area is 150 Å². The normalized spacial score (nSPS) is 14.3. The number of hydrogen-bond donors (Lipinski definition) is 1. The topological polar surface area (TPSA) is 79.7 Å². The molecule has 0 radical (unpaired) electrons. The maximum atomic E-state index is 12.3. The minimum atomic E-state index is -0.407. The van der Waals surface area contributed by atoms with Crippen LogP contribution in [0.2, 0.25) is 5.02 Å². The fourth-order valence-electron chi connectivity index (χ4n) is 2.69. The Morgan fingerprint density at radius 1 is 1.16 bits per heavy atom. The first-order valence-corrected chi connectivity index (χ1v) is 8.40. The van der Waals surface area contributed by atoms with E-state index >= 15 is 0 Å². The van der Waals surface area contributed by atoms with Crippen LogP contribution >= 0.6 is 11.6 Å². The monoisotopic (exact) mass is 360 g/mol. The summed E-state index contributed by atoms with van der Waals surface area (Å²) in [5.41, 5.74) is 1.33. The number of H-pyrrole nitrogens is 1. The third-order valence-electron chi connectivity index (χ3n) is 4.05. The van der Waals surface area contributed by atoms with Crippen molar-refractivity contribution in [2.24, 2.45) is 0 Å². The summed E-state index contributed by atoms with van der Waals surface area (Å²) in [6, 6.07) is 7.08. The van der Waals surface area contributed by atoms with E-state index in [0.29, 0.717) is 18.1 Å². The predicted molar refractivity (Wildman–Crippen MR) is 93.4 cm³/mol. The summed E-state index contributed by atoms with van der Waals surface area (Å²) < 4.78 is 0. The molecule has 130 valence electrons. The van der Waals surface area contributed by atoms with Crippen LogP contribution in [0.4, 0.5) is 5.69 Å². The third kappa shape index (κ3) is 4.45. The highest BCUT2D eigenvalue weighted by molar-refractivity contribution is 6.30. The minimum absolute atomic E-state index is 0.0483. The van der Waals surface area contributed by atoms with Crippen LogP contribution in [0.1, 0.15) is 10.5 Å². The number of rotatable bonds is 4. The number of pyridine rings is 2. The van der Waals surface area contributed by atoms with Crippen LogP contribution in [0.25, 0.3) is 0 Å². The lowest BCUT2D eigenvalue weighted by Gasteiger charge is -2.35. The number of aromatic nitrogens is 2. The van der Waals surface area contributed by atoms with Crippen molar-refractivity contribution in [2.75, 3.05) is 37.6 Å². The highest BCUT2D eigenvalue weighted by atomic mass is 35.5. The number of anilines is 1. The maximum absolute atomic E-state index is 12.3. The number of nitrogens with zero attached hydrogens (tertiary/aromatic N) is 3. The summed E-state index contributed by atoms with van der Waals surface area (Å²) in [4.78, 5) is 35.2. The van der Waals surface area contributed by atoms with Gasteiger partial charge in [0, 0.05) is 55.2 Å². The van der Waals surface area contributed by atoms with Gasteiger partial charge in [0.25, 0.3) is 5.91 Å². The van der Waals surface area contributed by atoms with Crippen molar-refractivity contribution in [3.8, 4) is 0 Å². The van der Waals surface area contributed by atoms with Crippen molar-refractivity contribution in [1.82, 2.24) is 15.2 Å². The van der Waals surface area contributed by atoms with E-state index in [2.05, 4.69) is 20.2 Å². The molecule has 0 aliphatic carbocycles. The van der Waals surface area contributed by atoms with E-state index < -0.39 is 5.91 Å². The van der Waals surface area contributed by atoms with E-state index in [4.69, 9.17) is 11.6 Å². The summed E-state index contributed by atoms with van der Waals surface area (Å²) in [5, 5.41) is 3.03. The average molecular weight is 361 g/mol. The van der Waals surface area contributed by atoms with Gasteiger partial charge in [0.15, 0.2) is 12.4 Å². The molecule has 0 aromatic carbocycles. The Morgan fingerprint density at radius 3 is 2.56 bits per heavy atom. The number of amides is 2. The quantitative estimate of drug-likeness (QED) is 0.867. The lowest BCUT2D eigenvalue weighted by molar-refractivity contribution is -0.377. The van der Waals surface area contributed by atoms with Crippen molar-refractivity contribution in [2.45, 2.75) is 0 Å². The highest BCUT2D eigenvalue weighted by Gasteiger charge is 2.22. The Balaban J connectivity index is 1.47. The molecule has 2 aromatic heterocycles. The van der Waals surface area contributed by atoms with Crippen LogP contribution in [0, 0.1) is 0 Å². The maximum Gasteiger partial charge on any atom is 0.270 e. The van der Waals surface area contributed by atoms with Crippen molar-refractivity contribution >= 4 is 29.1 Å². The van der Waals surface area contributed by atoms with Crippen molar-refractivity contribution in [3.63, 3.8) is 0 Å². The van der Waals surface area contributed by atoms with Crippen LogP contribution in [0.3, 0.4) is 0 Å². The molecule has 1 aliphatic heterocycles. The standard InChI is InChI=1S/C17H18ClN5O2/c18-13-1-6-20-15(11-13)17(25)21-12-16(24)23-9-7-22(8-10-23)14-2-4-19-5-3-14/h1-6,11H,7-10,12H2,(H,21,25)/p+1. The second-order valence-electron chi connectivity index (χ2n) is 5.67. The summed E-state index contributed by atoms with van der Waals surface area (Å²) in [6.07, 6.45) is 5.22. The van der Waals surface area contributed by atoms with E-state index in [1.54, 1.807) is 11.0 Å². The second-order valence-corrected chi connectivity index (χ2v) is 6.10. The first-order valence-electron chi connectivity index (χ1n) is 8.02. The van der Waals surface area contributed by atoms with Crippen LogP contribution in [-0.2, 0) is 4.79 Å². The molecular weight excluding hydrogens is 342 g/mol. The number of carbonyl (C=O) groups is 2. The molecule has 3 heterocycles. The van der Waals surface area contributed by atoms with Gasteiger partial charge >= 0.3 is 0 Å². The molecule has 7 nitrogen and oxygen atoms in total. The van der Waals surface area contributed by atoms with Gasteiger partial charge in [0.05, 0.1) is 6.54 Å². The zero-order valence-electron chi connectivity index (χ0n) is 13.6. The highest BCUT2D eigenvalue weighted by Crippen LogP contribution is 2.14. The van der Waals surface area contributed by atoms with Gasteiger partial charge in [0.2, 0.25) is 5.91 Å². The number of piperazine rings is 1. The summed E-state index contributed by atoms with van der Waals surface area (Å²) >= 11 is 5.84. The minimum Gasteiger partial charge on any atom is -0.368 e. The molecule has 3 rings (SSSR count). The lowest BCUT2D eigenvalue weighted by atomic mass is 10.2. The SMILES string of the molecule is O=C(NCC(=O)N1CCN(c2cc[nH+]cc2)CC1)c1cc(Cl)ccn1. The number of carbonyl (C=O) groups excluding carboxylic acids is 2. The first-order chi connectivity index (χ1) is 12.1. The van der Waals surface area contributed by atoms with E-state index in [1.807, 2.05) is 24.5 Å². The van der Waals surface area contributed by atoms with Crippen LogP contribution < -0.4 is 15.2 Å². The summed E-state index contributed by atoms with van der Waals surface area (Å²) in [6.45, 7) is 2.73. The molecule has 0 unspecified atom stereocenters. The van der Waals surface area contributed by atoms with Crippen LogP contribution in [0.15, 0.2) is 42.9 Å². The Morgan fingerprint density at radius 2 is 1.88 bits per heavy atom. The third-order valence-corrected chi connectivity index (χ3v) is 4.29. The smallest absolute Gasteiger partial charge is 0.270 e. The van der Waals surface area contributed by atoms with Gasteiger partial charge in [-0.15, -0.1) is 0 Å².